The summed E-state index contributed by atoms with van der Waals surface area (Å²) in [6.07, 6.45) is 7.40. The second kappa shape index (κ2) is 15.3. The first-order chi connectivity index (χ1) is 10.3. The van der Waals surface area contributed by atoms with E-state index in [1.807, 2.05) is 0 Å². The molecule has 0 aliphatic rings. The average Bonchev–Trinajstić information content (AvgIpc) is 2.50. The molecule has 0 aliphatic heterocycles. The van der Waals surface area contributed by atoms with Crippen LogP contribution in [0.25, 0.3) is 0 Å². The summed E-state index contributed by atoms with van der Waals surface area (Å²) in [7, 11) is 0. The molecule has 0 aliphatic carbocycles. The maximum Gasteiger partial charge on any atom is 0.0561 e. The molecule has 0 spiro atoms. The Morgan fingerprint density at radius 2 is 1.67 bits per heavy atom. The molecule has 0 atom stereocenters. The summed E-state index contributed by atoms with van der Waals surface area (Å²) >= 11 is 0.149. The van der Waals surface area contributed by atoms with Gasteiger partial charge in [-0.3, -0.25) is 0 Å². The van der Waals surface area contributed by atoms with Gasteiger partial charge < -0.3 is 10.2 Å². The number of unbranched alkanes of at least 4 members (excludes halogenated alkanes) is 2. The number of hydrogen-bond donors (Lipinski definition) is 0. The third-order valence-corrected chi connectivity index (χ3v) is 6.68. The summed E-state index contributed by atoms with van der Waals surface area (Å²) in [6, 6.07) is 6.37. The third kappa shape index (κ3) is 12.4. The van der Waals surface area contributed by atoms with Crippen LogP contribution in [0.5, 0.6) is 5.75 Å². The molecule has 1 rings (SSSR count). The summed E-state index contributed by atoms with van der Waals surface area (Å²) in [4.78, 5) is 0. The Hall–Kier alpha value is -1.04. The van der Waals surface area contributed by atoms with Gasteiger partial charge in [0.05, 0.1) is 6.21 Å². The predicted molar refractivity (Wildman–Crippen MR) is 87.2 cm³/mol. The topological polar surface area (TPSA) is 70.8 Å². The molecule has 4 nitrogen and oxygen atoms in total. The van der Waals surface area contributed by atoms with Gasteiger partial charge in [-0.15, -0.1) is 0 Å². The standard InChI is InChI=1S/C8H8N2O2.2C4H9.Sn/c11-6-10-9-5-7-3-1-2-4-8(7)12;2*1-3-4-2;/h1-6,12H,(H,10,11);2*1,3-4H2,2H3;/q;;;+2/p-2/b9-5+;;;. The van der Waals surface area contributed by atoms with E-state index in [0.717, 1.165) is 0 Å². The third-order valence-electron chi connectivity index (χ3n) is 2.64. The zero-order valence-electron chi connectivity index (χ0n) is 12.9. The molecule has 0 heterocycles. The van der Waals surface area contributed by atoms with Crippen LogP contribution in [0.15, 0.2) is 34.5 Å². The molecule has 114 valence electrons. The summed E-state index contributed by atoms with van der Waals surface area (Å²) in [6.45, 7) is 4.58. The van der Waals surface area contributed by atoms with Crippen LogP contribution in [0.4, 0.5) is 0 Å². The first-order valence-electron chi connectivity index (χ1n) is 7.39. The monoisotopic (exact) mass is 396 g/mol. The second-order valence-corrected chi connectivity index (χ2v) is 8.74. The van der Waals surface area contributed by atoms with Crippen LogP contribution in [0.3, 0.4) is 0 Å². The van der Waals surface area contributed by atoms with Crippen molar-refractivity contribution in [3.8, 4) is 5.75 Å². The Morgan fingerprint density at radius 1 is 1.05 bits per heavy atom. The molecule has 0 fully saturated rings. The summed E-state index contributed by atoms with van der Waals surface area (Å²) < 4.78 is 3.25. The van der Waals surface area contributed by atoms with Crippen LogP contribution in [0, 0.1) is 0 Å². The minimum absolute atomic E-state index is 0.137. The summed E-state index contributed by atoms with van der Waals surface area (Å²) in [5.74, 6) is -0.137. The van der Waals surface area contributed by atoms with E-state index in [4.69, 9.17) is 0 Å². The molecule has 0 saturated heterocycles. The van der Waals surface area contributed by atoms with Crippen LogP contribution in [0.1, 0.15) is 45.1 Å². The van der Waals surface area contributed by atoms with Crippen molar-refractivity contribution < 1.29 is 10.2 Å². The molecule has 0 N–H and O–H groups in total. The molecule has 0 bridgehead atoms. The van der Waals surface area contributed by atoms with Crippen molar-refractivity contribution in [2.75, 3.05) is 0 Å². The largest absolute Gasteiger partial charge is 0.872 e. The number of para-hydroxylation sites is 1. The van der Waals surface area contributed by atoms with Gasteiger partial charge >= 0.3 is 69.5 Å². The van der Waals surface area contributed by atoms with Crippen molar-refractivity contribution >= 4 is 33.8 Å². The fourth-order valence-corrected chi connectivity index (χ4v) is 5.60. The van der Waals surface area contributed by atoms with E-state index in [2.05, 4.69) is 24.1 Å². The molecule has 0 unspecified atom stereocenters. The van der Waals surface area contributed by atoms with Gasteiger partial charge in [-0.05, 0) is 12.0 Å². The van der Waals surface area contributed by atoms with Crippen LogP contribution in [-0.4, -0.2) is 33.8 Å². The molecular weight excluding hydrogens is 371 g/mol. The molecule has 0 saturated carbocycles. The fourth-order valence-electron chi connectivity index (χ4n) is 1.44. The van der Waals surface area contributed by atoms with Gasteiger partial charge in [0.15, 0.2) is 0 Å². The SMILES string of the molecule is CCC[CH2][Sn+2][CH2]CCC.[O-]/C=N\N=C\c1ccccc1[O-]. The molecule has 1 aromatic carbocycles. The van der Waals surface area contributed by atoms with Gasteiger partial charge in [0.1, 0.15) is 0 Å². The number of rotatable bonds is 8. The van der Waals surface area contributed by atoms with Crippen molar-refractivity contribution in [3.63, 3.8) is 0 Å². The van der Waals surface area contributed by atoms with E-state index in [0.29, 0.717) is 12.0 Å². The number of hydrogen-bond acceptors (Lipinski definition) is 4. The Bertz CT molecular complexity index is 403. The van der Waals surface area contributed by atoms with Crippen LogP contribution in [0.2, 0.25) is 8.87 Å². The maximum absolute atomic E-state index is 11.0. The molecular formula is C16H24N2O2Sn. The minimum Gasteiger partial charge on any atom is -0.872 e. The van der Waals surface area contributed by atoms with Crippen LogP contribution >= 0.6 is 0 Å². The van der Waals surface area contributed by atoms with Gasteiger partial charge in [0.25, 0.3) is 0 Å². The van der Waals surface area contributed by atoms with Crippen molar-refractivity contribution in [2.45, 2.75) is 48.4 Å². The van der Waals surface area contributed by atoms with E-state index >= 15 is 0 Å². The van der Waals surface area contributed by atoms with E-state index in [9.17, 15) is 10.2 Å². The van der Waals surface area contributed by atoms with E-state index < -0.39 is 0 Å². The number of nitrogens with zero attached hydrogens (tertiary/aromatic N) is 2. The molecule has 0 amide bonds. The van der Waals surface area contributed by atoms with Gasteiger partial charge in [0, 0.05) is 0 Å². The Kier molecular flexibility index (Phi) is 14.6. The Balaban J connectivity index is 0.000000400. The molecule has 5 heteroatoms. The average molecular weight is 395 g/mol. The molecule has 0 radical (unpaired) electrons. The minimum atomic E-state index is -0.137. The van der Waals surface area contributed by atoms with Crippen molar-refractivity contribution in [3.05, 3.63) is 29.8 Å². The summed E-state index contributed by atoms with van der Waals surface area (Å²) in [5.41, 5.74) is 0.420. The van der Waals surface area contributed by atoms with Gasteiger partial charge in [-0.2, -0.15) is 10.2 Å². The Labute approximate surface area is 138 Å². The zero-order valence-corrected chi connectivity index (χ0v) is 15.8. The van der Waals surface area contributed by atoms with Crippen LogP contribution < -0.4 is 10.2 Å². The second-order valence-electron chi connectivity index (χ2n) is 4.46. The van der Waals surface area contributed by atoms with Crippen molar-refractivity contribution in [1.29, 1.82) is 0 Å². The van der Waals surface area contributed by atoms with Gasteiger partial charge in [-0.1, -0.05) is 30.0 Å². The Morgan fingerprint density at radius 3 is 2.19 bits per heavy atom. The van der Waals surface area contributed by atoms with Crippen molar-refractivity contribution in [2.24, 2.45) is 10.2 Å². The quantitative estimate of drug-likeness (QED) is 0.223. The smallest absolute Gasteiger partial charge is 0.0561 e. The molecule has 21 heavy (non-hydrogen) atoms. The van der Waals surface area contributed by atoms with E-state index in [1.54, 1.807) is 27.1 Å². The fraction of sp³-hybridized carbons (Fsp3) is 0.500. The van der Waals surface area contributed by atoms with E-state index in [1.165, 1.54) is 38.0 Å². The normalized spacial score (nSPS) is 10.4. The first kappa shape index (κ1) is 20.0. The van der Waals surface area contributed by atoms with E-state index in [-0.39, 0.29) is 26.9 Å². The van der Waals surface area contributed by atoms with Crippen molar-refractivity contribution in [1.82, 2.24) is 0 Å². The predicted octanol–water partition coefficient (Wildman–Crippen LogP) is 2.61. The first-order valence-corrected chi connectivity index (χ1v) is 11.4. The maximum atomic E-state index is 11.0. The number of benzene rings is 1. The molecule has 1 aromatic rings. The summed E-state index contributed by atoms with van der Waals surface area (Å²) in [5, 5.41) is 27.1. The van der Waals surface area contributed by atoms with Gasteiger partial charge in [0.2, 0.25) is 0 Å². The zero-order chi connectivity index (χ0) is 15.8. The van der Waals surface area contributed by atoms with Crippen LogP contribution in [-0.2, 0) is 0 Å². The van der Waals surface area contributed by atoms with Gasteiger partial charge in [-0.25, -0.2) is 0 Å². The molecule has 0 aromatic heterocycles.